The SMILES string of the molecule is CC(C(=O)Nc1cccc(NC(=O)[C@@]23CCCC[C@H]2CNC3)c1)n1cccn1. The van der Waals surface area contributed by atoms with E-state index in [1.807, 2.05) is 24.3 Å². The molecule has 2 fully saturated rings. The number of hydrogen-bond acceptors (Lipinski definition) is 4. The third-order valence-electron chi connectivity index (χ3n) is 6.18. The zero-order valence-electron chi connectivity index (χ0n) is 16.1. The molecule has 1 aromatic heterocycles. The lowest BCUT2D eigenvalue weighted by Crippen LogP contribution is -2.44. The van der Waals surface area contributed by atoms with Crippen LogP contribution in [0.2, 0.25) is 0 Å². The molecule has 2 aromatic rings. The van der Waals surface area contributed by atoms with Gasteiger partial charge in [0.1, 0.15) is 6.04 Å². The molecule has 2 heterocycles. The van der Waals surface area contributed by atoms with Crippen LogP contribution in [0.15, 0.2) is 42.7 Å². The van der Waals surface area contributed by atoms with E-state index in [1.165, 1.54) is 6.42 Å². The largest absolute Gasteiger partial charge is 0.325 e. The van der Waals surface area contributed by atoms with Crippen molar-refractivity contribution < 1.29 is 9.59 Å². The van der Waals surface area contributed by atoms with E-state index in [1.54, 1.807) is 30.1 Å². The molecule has 1 aliphatic heterocycles. The molecule has 1 saturated carbocycles. The highest BCUT2D eigenvalue weighted by Crippen LogP contribution is 2.44. The lowest BCUT2D eigenvalue weighted by Gasteiger charge is -2.37. The van der Waals surface area contributed by atoms with E-state index >= 15 is 0 Å². The summed E-state index contributed by atoms with van der Waals surface area (Å²) in [5, 5.41) is 13.5. The maximum absolute atomic E-state index is 13.1. The van der Waals surface area contributed by atoms with Gasteiger partial charge in [-0.25, -0.2) is 0 Å². The van der Waals surface area contributed by atoms with Crippen LogP contribution in [0, 0.1) is 11.3 Å². The van der Waals surface area contributed by atoms with Crippen LogP contribution in [0.5, 0.6) is 0 Å². The van der Waals surface area contributed by atoms with E-state index < -0.39 is 6.04 Å². The highest BCUT2D eigenvalue weighted by molar-refractivity contribution is 5.98. The third kappa shape index (κ3) is 3.54. The molecular formula is C21H27N5O2. The van der Waals surface area contributed by atoms with Gasteiger partial charge in [0.05, 0.1) is 5.41 Å². The predicted octanol–water partition coefficient (Wildman–Crippen LogP) is 2.80. The van der Waals surface area contributed by atoms with E-state index in [2.05, 4.69) is 21.0 Å². The van der Waals surface area contributed by atoms with Crippen LogP contribution in [0.1, 0.15) is 38.6 Å². The molecule has 1 aliphatic carbocycles. The second kappa shape index (κ2) is 7.75. The first-order valence-corrected chi connectivity index (χ1v) is 10.0. The van der Waals surface area contributed by atoms with Crippen molar-refractivity contribution in [3.63, 3.8) is 0 Å². The van der Waals surface area contributed by atoms with Gasteiger partial charge in [0.2, 0.25) is 11.8 Å². The normalized spacial score (nSPS) is 25.0. The number of amides is 2. The van der Waals surface area contributed by atoms with E-state index in [9.17, 15) is 9.59 Å². The number of carbonyl (C=O) groups excluding carboxylic acids is 2. The Morgan fingerprint density at radius 3 is 2.86 bits per heavy atom. The minimum atomic E-state index is -0.417. The van der Waals surface area contributed by atoms with Crippen molar-refractivity contribution in [1.29, 1.82) is 0 Å². The summed E-state index contributed by atoms with van der Waals surface area (Å²) in [6, 6.07) is 8.70. The fraction of sp³-hybridized carbons (Fsp3) is 0.476. The topological polar surface area (TPSA) is 88.0 Å². The van der Waals surface area contributed by atoms with Crippen molar-refractivity contribution in [3.05, 3.63) is 42.7 Å². The van der Waals surface area contributed by atoms with Crippen LogP contribution < -0.4 is 16.0 Å². The molecule has 1 aromatic carbocycles. The average Bonchev–Trinajstić information content (AvgIpc) is 3.38. The summed E-state index contributed by atoms with van der Waals surface area (Å²) in [7, 11) is 0. The number of aromatic nitrogens is 2. The van der Waals surface area contributed by atoms with Crippen molar-refractivity contribution in [2.45, 2.75) is 38.6 Å². The standard InChI is InChI=1S/C21H27N5O2/c1-15(26-11-5-10-23-26)19(27)24-17-7-4-8-18(12-17)25-20(28)21-9-3-2-6-16(21)13-22-14-21/h4-5,7-8,10-12,15-16,22H,2-3,6,9,13-14H2,1H3,(H,24,27)(H,25,28)/t15?,16-,21+/m0/s1. The molecule has 1 unspecified atom stereocenters. The molecule has 2 amide bonds. The molecule has 0 radical (unpaired) electrons. The molecule has 0 spiro atoms. The van der Waals surface area contributed by atoms with Crippen LogP contribution in [-0.4, -0.2) is 34.7 Å². The second-order valence-corrected chi connectivity index (χ2v) is 7.92. The Labute approximate surface area is 164 Å². The molecule has 28 heavy (non-hydrogen) atoms. The summed E-state index contributed by atoms with van der Waals surface area (Å²) in [6.07, 6.45) is 7.77. The fourth-order valence-electron chi connectivity index (χ4n) is 4.50. The Morgan fingerprint density at radius 1 is 1.25 bits per heavy atom. The fourth-order valence-corrected chi connectivity index (χ4v) is 4.50. The Balaban J connectivity index is 1.44. The van der Waals surface area contributed by atoms with Gasteiger partial charge in [-0.3, -0.25) is 14.3 Å². The van der Waals surface area contributed by atoms with Crippen LogP contribution >= 0.6 is 0 Å². The summed E-state index contributed by atoms with van der Waals surface area (Å²) >= 11 is 0. The molecule has 3 N–H and O–H groups in total. The molecule has 2 aliphatic rings. The first kappa shape index (κ1) is 18.7. The van der Waals surface area contributed by atoms with E-state index in [0.29, 0.717) is 17.3 Å². The molecule has 3 atom stereocenters. The molecule has 4 rings (SSSR count). The minimum Gasteiger partial charge on any atom is -0.325 e. The minimum absolute atomic E-state index is 0.0931. The number of fused-ring (bicyclic) bond motifs is 1. The second-order valence-electron chi connectivity index (χ2n) is 7.92. The quantitative estimate of drug-likeness (QED) is 0.743. The van der Waals surface area contributed by atoms with Crippen molar-refractivity contribution in [2.24, 2.45) is 11.3 Å². The van der Waals surface area contributed by atoms with Gasteiger partial charge < -0.3 is 16.0 Å². The molecule has 7 nitrogen and oxygen atoms in total. The maximum Gasteiger partial charge on any atom is 0.248 e. The zero-order valence-corrected chi connectivity index (χ0v) is 16.1. The van der Waals surface area contributed by atoms with Crippen molar-refractivity contribution in [2.75, 3.05) is 23.7 Å². The first-order valence-electron chi connectivity index (χ1n) is 10.0. The van der Waals surface area contributed by atoms with Crippen LogP contribution in [-0.2, 0) is 9.59 Å². The van der Waals surface area contributed by atoms with Gasteiger partial charge in [0, 0.05) is 30.3 Å². The number of carbonyl (C=O) groups is 2. The summed E-state index contributed by atoms with van der Waals surface area (Å²) < 4.78 is 1.61. The number of hydrogen-bond donors (Lipinski definition) is 3. The Morgan fingerprint density at radius 2 is 2.07 bits per heavy atom. The molecular weight excluding hydrogens is 354 g/mol. The van der Waals surface area contributed by atoms with Crippen molar-refractivity contribution in [1.82, 2.24) is 15.1 Å². The molecule has 0 bridgehead atoms. The van der Waals surface area contributed by atoms with Crippen LogP contribution in [0.3, 0.4) is 0 Å². The van der Waals surface area contributed by atoms with Gasteiger partial charge in [-0.2, -0.15) is 5.10 Å². The number of rotatable bonds is 5. The summed E-state index contributed by atoms with van der Waals surface area (Å²) in [4.78, 5) is 25.6. The highest BCUT2D eigenvalue weighted by atomic mass is 16.2. The van der Waals surface area contributed by atoms with Crippen LogP contribution in [0.25, 0.3) is 0 Å². The van der Waals surface area contributed by atoms with E-state index in [4.69, 9.17) is 0 Å². The number of nitrogens with zero attached hydrogens (tertiary/aromatic N) is 2. The Kier molecular flexibility index (Phi) is 5.17. The van der Waals surface area contributed by atoms with Gasteiger partial charge in [-0.05, 0) is 56.5 Å². The van der Waals surface area contributed by atoms with Gasteiger partial charge in [-0.15, -0.1) is 0 Å². The smallest absolute Gasteiger partial charge is 0.248 e. The van der Waals surface area contributed by atoms with Crippen molar-refractivity contribution >= 4 is 23.2 Å². The zero-order chi connectivity index (χ0) is 19.6. The summed E-state index contributed by atoms with van der Waals surface area (Å²) in [6.45, 7) is 3.47. The Bertz CT molecular complexity index is 850. The number of nitrogens with one attached hydrogen (secondary N) is 3. The third-order valence-corrected chi connectivity index (χ3v) is 6.18. The molecule has 1 saturated heterocycles. The monoisotopic (exact) mass is 381 g/mol. The van der Waals surface area contributed by atoms with Gasteiger partial charge in [0.25, 0.3) is 0 Å². The average molecular weight is 381 g/mol. The maximum atomic E-state index is 13.1. The first-order chi connectivity index (χ1) is 13.6. The highest BCUT2D eigenvalue weighted by Gasteiger charge is 2.49. The van der Waals surface area contributed by atoms with E-state index in [-0.39, 0.29) is 17.2 Å². The van der Waals surface area contributed by atoms with E-state index in [0.717, 1.165) is 32.4 Å². The van der Waals surface area contributed by atoms with Gasteiger partial charge in [-0.1, -0.05) is 18.9 Å². The summed E-state index contributed by atoms with van der Waals surface area (Å²) in [5.41, 5.74) is 1.07. The van der Waals surface area contributed by atoms with Gasteiger partial charge >= 0.3 is 0 Å². The lowest BCUT2D eigenvalue weighted by molar-refractivity contribution is -0.128. The number of benzene rings is 1. The van der Waals surface area contributed by atoms with Crippen LogP contribution in [0.4, 0.5) is 11.4 Å². The van der Waals surface area contributed by atoms with Crippen molar-refractivity contribution in [3.8, 4) is 0 Å². The lowest BCUT2D eigenvalue weighted by atomic mass is 9.67. The predicted molar refractivity (Wildman–Crippen MR) is 108 cm³/mol. The summed E-state index contributed by atoms with van der Waals surface area (Å²) in [5.74, 6) is 0.354. The molecule has 7 heteroatoms. The number of anilines is 2. The molecule has 148 valence electrons. The Hall–Kier alpha value is -2.67. The van der Waals surface area contributed by atoms with Gasteiger partial charge in [0.15, 0.2) is 0 Å².